The number of anilines is 1. The van der Waals surface area contributed by atoms with Gasteiger partial charge in [-0.05, 0) is 26.0 Å². The maximum Gasteiger partial charge on any atom is 0.251 e. The number of amides is 1. The Bertz CT molecular complexity index is 416. The van der Waals surface area contributed by atoms with Gasteiger partial charge in [0.25, 0.3) is 5.91 Å². The van der Waals surface area contributed by atoms with Crippen molar-refractivity contribution in [3.63, 3.8) is 0 Å². The van der Waals surface area contributed by atoms with Gasteiger partial charge in [0.1, 0.15) is 5.75 Å². The summed E-state index contributed by atoms with van der Waals surface area (Å²) >= 11 is 0. The molecule has 1 aromatic rings. The van der Waals surface area contributed by atoms with E-state index >= 15 is 0 Å². The molecule has 1 atom stereocenters. The van der Waals surface area contributed by atoms with Crippen molar-refractivity contribution < 1.29 is 9.53 Å². The van der Waals surface area contributed by atoms with Crippen LogP contribution in [0.2, 0.25) is 0 Å². The van der Waals surface area contributed by atoms with Gasteiger partial charge < -0.3 is 15.8 Å². The predicted octanol–water partition coefficient (Wildman–Crippen LogP) is 1.97. The number of nitrogens with two attached hydrogens (primary N) is 1. The first-order chi connectivity index (χ1) is 8.06. The van der Waals surface area contributed by atoms with Crippen molar-refractivity contribution in [3.05, 3.63) is 36.4 Å². The lowest BCUT2D eigenvalue weighted by Crippen LogP contribution is -2.30. The smallest absolute Gasteiger partial charge is 0.251 e. The van der Waals surface area contributed by atoms with Gasteiger partial charge >= 0.3 is 0 Å². The van der Waals surface area contributed by atoms with Crippen LogP contribution in [0.3, 0.4) is 0 Å². The van der Waals surface area contributed by atoms with E-state index in [9.17, 15) is 4.79 Å². The van der Waals surface area contributed by atoms with Crippen LogP contribution in [-0.4, -0.2) is 18.6 Å². The molecule has 0 bridgehead atoms. The minimum Gasteiger partial charge on any atom is -0.494 e. The molecule has 0 aliphatic carbocycles. The molecular weight excluding hydrogens is 216 g/mol. The van der Waals surface area contributed by atoms with Crippen LogP contribution in [0.15, 0.2) is 30.9 Å². The average Bonchev–Trinajstić information content (AvgIpc) is 2.28. The Morgan fingerprint density at radius 2 is 2.29 bits per heavy atom. The second-order valence-corrected chi connectivity index (χ2v) is 3.72. The van der Waals surface area contributed by atoms with Crippen LogP contribution in [0, 0.1) is 0 Å². The van der Waals surface area contributed by atoms with Crippen molar-refractivity contribution in [2.45, 2.75) is 19.9 Å². The van der Waals surface area contributed by atoms with Crippen LogP contribution in [0.1, 0.15) is 24.2 Å². The summed E-state index contributed by atoms with van der Waals surface area (Å²) in [5.74, 6) is 0.412. The summed E-state index contributed by atoms with van der Waals surface area (Å²) < 4.78 is 5.33. The van der Waals surface area contributed by atoms with Gasteiger partial charge in [0.2, 0.25) is 0 Å². The second kappa shape index (κ2) is 5.94. The van der Waals surface area contributed by atoms with Gasteiger partial charge in [-0.25, -0.2) is 0 Å². The van der Waals surface area contributed by atoms with Crippen molar-refractivity contribution in [3.8, 4) is 5.75 Å². The van der Waals surface area contributed by atoms with Gasteiger partial charge in [-0.1, -0.05) is 6.08 Å². The predicted molar refractivity (Wildman–Crippen MR) is 69.1 cm³/mol. The summed E-state index contributed by atoms with van der Waals surface area (Å²) in [5.41, 5.74) is 6.71. The molecular formula is C13H18N2O2. The van der Waals surface area contributed by atoms with Gasteiger partial charge in [0.05, 0.1) is 6.61 Å². The lowest BCUT2D eigenvalue weighted by Gasteiger charge is -2.11. The third-order valence-electron chi connectivity index (χ3n) is 2.21. The van der Waals surface area contributed by atoms with Gasteiger partial charge in [-0.15, -0.1) is 6.58 Å². The zero-order valence-corrected chi connectivity index (χ0v) is 10.2. The number of rotatable bonds is 5. The molecule has 0 aliphatic rings. The molecule has 0 spiro atoms. The molecule has 1 aromatic carbocycles. The molecule has 0 saturated carbocycles. The lowest BCUT2D eigenvalue weighted by atomic mass is 10.1. The van der Waals surface area contributed by atoms with Crippen molar-refractivity contribution in [1.82, 2.24) is 5.32 Å². The average molecular weight is 234 g/mol. The first kappa shape index (κ1) is 13.1. The highest BCUT2D eigenvalue weighted by molar-refractivity contribution is 5.95. The highest BCUT2D eigenvalue weighted by Gasteiger charge is 2.09. The number of nitrogen functional groups attached to an aromatic ring is 1. The molecule has 0 heterocycles. The molecule has 92 valence electrons. The van der Waals surface area contributed by atoms with E-state index in [1.54, 1.807) is 24.3 Å². The SMILES string of the molecule is C=CC(C)NC(=O)c1cc(N)cc(OCC)c1. The van der Waals surface area contributed by atoms with E-state index in [2.05, 4.69) is 11.9 Å². The van der Waals surface area contributed by atoms with E-state index in [-0.39, 0.29) is 11.9 Å². The van der Waals surface area contributed by atoms with Crippen LogP contribution in [0.5, 0.6) is 5.75 Å². The van der Waals surface area contributed by atoms with E-state index < -0.39 is 0 Å². The lowest BCUT2D eigenvalue weighted by molar-refractivity contribution is 0.0946. The summed E-state index contributed by atoms with van der Waals surface area (Å²) in [4.78, 5) is 11.9. The minimum atomic E-state index is -0.189. The van der Waals surface area contributed by atoms with Gasteiger partial charge in [0.15, 0.2) is 0 Å². The third kappa shape index (κ3) is 3.83. The fraction of sp³-hybridized carbons (Fsp3) is 0.308. The van der Waals surface area contributed by atoms with E-state index in [0.29, 0.717) is 23.6 Å². The zero-order chi connectivity index (χ0) is 12.8. The summed E-state index contributed by atoms with van der Waals surface area (Å²) in [6.45, 7) is 7.87. The standard InChI is InChI=1S/C13H18N2O2/c1-4-9(3)15-13(16)10-6-11(14)8-12(7-10)17-5-2/h4,6-9H,1,5,14H2,2-3H3,(H,15,16). The third-order valence-corrected chi connectivity index (χ3v) is 2.21. The van der Waals surface area contributed by atoms with Crippen molar-refractivity contribution in [2.75, 3.05) is 12.3 Å². The maximum absolute atomic E-state index is 11.9. The normalized spacial score (nSPS) is 11.6. The quantitative estimate of drug-likeness (QED) is 0.604. The van der Waals surface area contributed by atoms with Crippen LogP contribution in [0.4, 0.5) is 5.69 Å². The Labute approximate surface area is 101 Å². The molecule has 1 rings (SSSR count). The van der Waals surface area contributed by atoms with E-state index in [4.69, 9.17) is 10.5 Å². The first-order valence-electron chi connectivity index (χ1n) is 5.53. The largest absolute Gasteiger partial charge is 0.494 e. The first-order valence-corrected chi connectivity index (χ1v) is 5.53. The van der Waals surface area contributed by atoms with E-state index in [0.717, 1.165) is 0 Å². The molecule has 1 unspecified atom stereocenters. The molecule has 3 N–H and O–H groups in total. The van der Waals surface area contributed by atoms with Gasteiger partial charge in [-0.2, -0.15) is 0 Å². The zero-order valence-electron chi connectivity index (χ0n) is 10.2. The Hall–Kier alpha value is -1.97. The Morgan fingerprint density at radius 1 is 1.59 bits per heavy atom. The highest BCUT2D eigenvalue weighted by atomic mass is 16.5. The van der Waals surface area contributed by atoms with Crippen LogP contribution in [0.25, 0.3) is 0 Å². The Morgan fingerprint density at radius 3 is 2.88 bits per heavy atom. The molecule has 0 radical (unpaired) electrons. The number of benzene rings is 1. The summed E-state index contributed by atoms with van der Waals surface area (Å²) in [6.07, 6.45) is 1.66. The number of ether oxygens (including phenoxy) is 1. The molecule has 4 nitrogen and oxygen atoms in total. The second-order valence-electron chi connectivity index (χ2n) is 3.72. The van der Waals surface area contributed by atoms with Crippen LogP contribution < -0.4 is 15.8 Å². The molecule has 1 amide bonds. The van der Waals surface area contributed by atoms with Crippen molar-refractivity contribution >= 4 is 11.6 Å². The number of carbonyl (C=O) groups is 1. The van der Waals surface area contributed by atoms with Gasteiger partial charge in [-0.3, -0.25) is 4.79 Å². The summed E-state index contributed by atoms with van der Waals surface area (Å²) in [6, 6.07) is 4.90. The number of hydrogen-bond donors (Lipinski definition) is 2. The van der Waals surface area contributed by atoms with Crippen LogP contribution in [-0.2, 0) is 0 Å². The summed E-state index contributed by atoms with van der Waals surface area (Å²) in [5, 5.41) is 2.77. The Kier molecular flexibility index (Phi) is 4.57. The number of hydrogen-bond acceptors (Lipinski definition) is 3. The fourth-order valence-electron chi connectivity index (χ4n) is 1.35. The number of carbonyl (C=O) groups excluding carboxylic acids is 1. The molecule has 0 aliphatic heterocycles. The number of nitrogens with one attached hydrogen (secondary N) is 1. The van der Waals surface area contributed by atoms with Crippen molar-refractivity contribution in [2.24, 2.45) is 0 Å². The molecule has 0 fully saturated rings. The highest BCUT2D eigenvalue weighted by Crippen LogP contribution is 2.19. The topological polar surface area (TPSA) is 64.4 Å². The Balaban J connectivity index is 2.89. The maximum atomic E-state index is 11.9. The minimum absolute atomic E-state index is 0.0838. The molecule has 17 heavy (non-hydrogen) atoms. The van der Waals surface area contributed by atoms with Gasteiger partial charge in [0, 0.05) is 23.4 Å². The molecule has 4 heteroatoms. The fourth-order valence-corrected chi connectivity index (χ4v) is 1.35. The van der Waals surface area contributed by atoms with E-state index in [1.807, 2.05) is 13.8 Å². The van der Waals surface area contributed by atoms with Crippen LogP contribution >= 0.6 is 0 Å². The van der Waals surface area contributed by atoms with E-state index in [1.165, 1.54) is 0 Å². The molecule has 0 aromatic heterocycles. The molecule has 0 saturated heterocycles. The monoisotopic (exact) mass is 234 g/mol. The van der Waals surface area contributed by atoms with Crippen molar-refractivity contribution in [1.29, 1.82) is 0 Å². The summed E-state index contributed by atoms with van der Waals surface area (Å²) in [7, 11) is 0.